The number of hydrogen-bond acceptors (Lipinski definition) is 3. The highest BCUT2D eigenvalue weighted by atomic mass is 32.1. The lowest BCUT2D eigenvalue weighted by molar-refractivity contribution is 0.469. The van der Waals surface area contributed by atoms with E-state index in [9.17, 15) is 0 Å². The van der Waals surface area contributed by atoms with Crippen molar-refractivity contribution in [3.8, 4) is 11.5 Å². The van der Waals surface area contributed by atoms with E-state index < -0.39 is 0 Å². The van der Waals surface area contributed by atoms with Crippen LogP contribution in [0.25, 0.3) is 0 Å². The van der Waals surface area contributed by atoms with Crippen LogP contribution in [0.5, 0.6) is 11.5 Å². The highest BCUT2D eigenvalue weighted by Gasteiger charge is 2.12. The first-order valence-electron chi connectivity index (χ1n) is 6.51. The molecule has 1 aromatic heterocycles. The molecule has 0 aliphatic carbocycles. The summed E-state index contributed by atoms with van der Waals surface area (Å²) in [6.45, 7) is 6.30. The predicted molar refractivity (Wildman–Crippen MR) is 85.5 cm³/mol. The average molecular weight is 286 g/mol. The summed E-state index contributed by atoms with van der Waals surface area (Å²) in [5, 5.41) is 0. The van der Waals surface area contributed by atoms with Gasteiger partial charge in [0.2, 0.25) is 0 Å². The molecular formula is C16H18N2OS. The maximum Gasteiger partial charge on any atom is 0.155 e. The van der Waals surface area contributed by atoms with Gasteiger partial charge in [-0.3, -0.25) is 4.98 Å². The number of pyridine rings is 1. The molecule has 0 radical (unpaired) electrons. The zero-order valence-electron chi connectivity index (χ0n) is 11.9. The van der Waals surface area contributed by atoms with Crippen molar-refractivity contribution in [2.24, 2.45) is 5.73 Å². The first-order valence-corrected chi connectivity index (χ1v) is 6.92. The molecule has 2 rings (SSSR count). The number of benzene rings is 1. The van der Waals surface area contributed by atoms with Crippen LogP contribution >= 0.6 is 12.2 Å². The summed E-state index contributed by atoms with van der Waals surface area (Å²) in [6.07, 6.45) is 3.29. The first kappa shape index (κ1) is 14.5. The molecule has 0 aliphatic rings. The van der Waals surface area contributed by atoms with Gasteiger partial charge in [0.25, 0.3) is 0 Å². The van der Waals surface area contributed by atoms with Crippen molar-refractivity contribution in [3.05, 3.63) is 53.3 Å². The van der Waals surface area contributed by atoms with Gasteiger partial charge in [0.05, 0.1) is 11.8 Å². The van der Waals surface area contributed by atoms with Gasteiger partial charge >= 0.3 is 0 Å². The monoisotopic (exact) mass is 286 g/mol. The number of thiocarbonyl (C=S) groups is 1. The number of rotatable bonds is 4. The Morgan fingerprint density at radius 3 is 2.65 bits per heavy atom. The molecule has 0 spiro atoms. The van der Waals surface area contributed by atoms with Gasteiger partial charge in [-0.2, -0.15) is 0 Å². The maximum absolute atomic E-state index is 6.01. The SMILES string of the molecule is Cc1ccc(C(C)C)c(Oc2cnccc2C(N)=S)c1. The van der Waals surface area contributed by atoms with Gasteiger partial charge in [-0.1, -0.05) is 38.2 Å². The molecule has 2 N–H and O–H groups in total. The second-order valence-corrected chi connectivity index (χ2v) is 5.47. The fourth-order valence-electron chi connectivity index (χ4n) is 1.99. The fraction of sp³-hybridized carbons (Fsp3) is 0.250. The maximum atomic E-state index is 6.01. The van der Waals surface area contributed by atoms with Gasteiger partial charge in [-0.25, -0.2) is 0 Å². The molecule has 2 aromatic rings. The van der Waals surface area contributed by atoms with E-state index in [2.05, 4.69) is 31.0 Å². The minimum atomic E-state index is 0.307. The van der Waals surface area contributed by atoms with Gasteiger partial charge in [0, 0.05) is 6.20 Å². The second-order valence-electron chi connectivity index (χ2n) is 5.03. The van der Waals surface area contributed by atoms with Gasteiger partial charge in [-0.05, 0) is 36.1 Å². The van der Waals surface area contributed by atoms with Crippen LogP contribution < -0.4 is 10.5 Å². The van der Waals surface area contributed by atoms with Crippen molar-refractivity contribution in [1.82, 2.24) is 4.98 Å². The third-order valence-electron chi connectivity index (χ3n) is 3.06. The minimum Gasteiger partial charge on any atom is -0.455 e. The number of nitrogens with zero attached hydrogens (tertiary/aromatic N) is 1. The van der Waals surface area contributed by atoms with Crippen LogP contribution in [0.4, 0.5) is 0 Å². The molecule has 0 saturated carbocycles. The van der Waals surface area contributed by atoms with Gasteiger partial charge in [0.1, 0.15) is 10.7 Å². The van der Waals surface area contributed by atoms with E-state index in [1.165, 1.54) is 0 Å². The highest BCUT2D eigenvalue weighted by molar-refractivity contribution is 7.80. The van der Waals surface area contributed by atoms with Crippen LogP contribution in [-0.2, 0) is 0 Å². The third-order valence-corrected chi connectivity index (χ3v) is 3.28. The molecule has 20 heavy (non-hydrogen) atoms. The molecule has 104 valence electrons. The van der Waals surface area contributed by atoms with E-state index >= 15 is 0 Å². The normalized spacial score (nSPS) is 10.6. The Hall–Kier alpha value is -1.94. The van der Waals surface area contributed by atoms with E-state index in [4.69, 9.17) is 22.7 Å². The molecule has 0 bridgehead atoms. The molecule has 3 nitrogen and oxygen atoms in total. The molecule has 0 atom stereocenters. The molecule has 4 heteroatoms. The van der Waals surface area contributed by atoms with Crippen molar-refractivity contribution < 1.29 is 4.74 Å². The summed E-state index contributed by atoms with van der Waals surface area (Å²) in [5.74, 6) is 1.79. The topological polar surface area (TPSA) is 48.1 Å². The van der Waals surface area contributed by atoms with Crippen molar-refractivity contribution in [1.29, 1.82) is 0 Å². The number of ether oxygens (including phenoxy) is 1. The lowest BCUT2D eigenvalue weighted by Gasteiger charge is -2.16. The lowest BCUT2D eigenvalue weighted by atomic mass is 10.0. The second kappa shape index (κ2) is 6.01. The quantitative estimate of drug-likeness (QED) is 0.865. The van der Waals surface area contributed by atoms with Crippen LogP contribution in [0.3, 0.4) is 0 Å². The molecular weight excluding hydrogens is 268 g/mol. The zero-order valence-corrected chi connectivity index (χ0v) is 12.7. The van der Waals surface area contributed by atoms with Gasteiger partial charge < -0.3 is 10.5 Å². The highest BCUT2D eigenvalue weighted by Crippen LogP contribution is 2.32. The van der Waals surface area contributed by atoms with E-state index in [-0.39, 0.29) is 0 Å². The van der Waals surface area contributed by atoms with Gasteiger partial charge in [-0.15, -0.1) is 0 Å². The summed E-state index contributed by atoms with van der Waals surface area (Å²) in [4.78, 5) is 4.39. The summed E-state index contributed by atoms with van der Waals surface area (Å²) < 4.78 is 6.01. The molecule has 0 aliphatic heterocycles. The van der Waals surface area contributed by atoms with Crippen LogP contribution in [0.2, 0.25) is 0 Å². The molecule has 0 amide bonds. The summed E-state index contributed by atoms with van der Waals surface area (Å²) in [5.41, 5.74) is 8.71. The smallest absolute Gasteiger partial charge is 0.155 e. The first-order chi connectivity index (χ1) is 9.49. The molecule has 1 heterocycles. The lowest BCUT2D eigenvalue weighted by Crippen LogP contribution is -2.11. The standard InChI is InChI=1S/C16H18N2OS/c1-10(2)12-5-4-11(3)8-14(12)19-15-9-18-7-6-13(15)16(17)20/h4-10H,1-3H3,(H2,17,20). The summed E-state index contributed by atoms with van der Waals surface area (Å²) in [7, 11) is 0. The van der Waals surface area contributed by atoms with E-state index in [0.717, 1.165) is 16.9 Å². The van der Waals surface area contributed by atoms with Crippen LogP contribution in [-0.4, -0.2) is 9.97 Å². The summed E-state index contributed by atoms with van der Waals surface area (Å²) >= 11 is 5.05. The largest absolute Gasteiger partial charge is 0.455 e. The van der Waals surface area contributed by atoms with Gasteiger partial charge in [0.15, 0.2) is 5.75 Å². The minimum absolute atomic E-state index is 0.307. The Kier molecular flexibility index (Phi) is 4.35. The molecule has 0 saturated heterocycles. The number of aromatic nitrogens is 1. The van der Waals surface area contributed by atoms with E-state index in [0.29, 0.717) is 22.2 Å². The van der Waals surface area contributed by atoms with Crippen LogP contribution in [0.15, 0.2) is 36.7 Å². The van der Waals surface area contributed by atoms with Crippen molar-refractivity contribution in [3.63, 3.8) is 0 Å². The van der Waals surface area contributed by atoms with Crippen LogP contribution in [0, 0.1) is 6.92 Å². The fourth-order valence-corrected chi connectivity index (χ4v) is 2.16. The number of aryl methyl sites for hydroxylation is 1. The average Bonchev–Trinajstić information content (AvgIpc) is 2.38. The van der Waals surface area contributed by atoms with E-state index in [1.807, 2.05) is 13.0 Å². The van der Waals surface area contributed by atoms with Crippen molar-refractivity contribution in [2.75, 3.05) is 0 Å². The van der Waals surface area contributed by atoms with Crippen LogP contribution in [0.1, 0.15) is 36.5 Å². The van der Waals surface area contributed by atoms with Crippen molar-refractivity contribution in [2.45, 2.75) is 26.7 Å². The Balaban J connectivity index is 2.45. The Morgan fingerprint density at radius 1 is 1.25 bits per heavy atom. The third kappa shape index (κ3) is 3.14. The molecule has 0 fully saturated rings. The number of nitrogens with two attached hydrogens (primary N) is 1. The molecule has 0 unspecified atom stereocenters. The Morgan fingerprint density at radius 2 is 2.00 bits per heavy atom. The summed E-state index contributed by atoms with van der Waals surface area (Å²) in [6, 6.07) is 7.96. The number of hydrogen-bond donors (Lipinski definition) is 1. The predicted octanol–water partition coefficient (Wildman–Crippen LogP) is 3.94. The Labute approximate surface area is 124 Å². The zero-order chi connectivity index (χ0) is 14.7. The van der Waals surface area contributed by atoms with Crippen molar-refractivity contribution >= 4 is 17.2 Å². The Bertz CT molecular complexity index is 638. The van der Waals surface area contributed by atoms with E-state index in [1.54, 1.807) is 18.5 Å². The molecule has 1 aromatic carbocycles.